The second kappa shape index (κ2) is 5.52. The number of hydrogen-bond donors (Lipinski definition) is 1. The van der Waals surface area contributed by atoms with Gasteiger partial charge in [0.1, 0.15) is 0 Å². The number of carbonyl (C=O) groups excluding carboxylic acids is 1. The average Bonchev–Trinajstić information content (AvgIpc) is 3.13. The van der Waals surface area contributed by atoms with E-state index in [1.165, 1.54) is 55.6 Å². The predicted molar refractivity (Wildman–Crippen MR) is 97.4 cm³/mol. The van der Waals surface area contributed by atoms with Crippen molar-refractivity contribution in [2.75, 3.05) is 16.8 Å². The van der Waals surface area contributed by atoms with Crippen molar-refractivity contribution in [2.24, 2.45) is 23.7 Å². The van der Waals surface area contributed by atoms with Gasteiger partial charge in [0.05, 0.1) is 23.1 Å². The number of anilines is 1. The first-order chi connectivity index (χ1) is 11.9. The van der Waals surface area contributed by atoms with Gasteiger partial charge in [-0.1, -0.05) is 0 Å². The zero-order valence-corrected chi connectivity index (χ0v) is 15.9. The van der Waals surface area contributed by atoms with Crippen LogP contribution in [0, 0.1) is 23.7 Å². The summed E-state index contributed by atoms with van der Waals surface area (Å²) in [5.74, 6) is 2.11. The van der Waals surface area contributed by atoms with E-state index in [0.717, 1.165) is 17.8 Å². The molecule has 5 fully saturated rings. The van der Waals surface area contributed by atoms with Crippen LogP contribution < -0.4 is 5.32 Å². The Morgan fingerprint density at radius 1 is 1.16 bits per heavy atom. The minimum absolute atomic E-state index is 0.0218. The van der Waals surface area contributed by atoms with Gasteiger partial charge in [-0.25, -0.2) is 13.4 Å². The minimum Gasteiger partial charge on any atom is -0.302 e. The van der Waals surface area contributed by atoms with Gasteiger partial charge in [-0.15, -0.1) is 11.3 Å². The summed E-state index contributed by atoms with van der Waals surface area (Å²) < 4.78 is 23.1. The molecule has 4 saturated carbocycles. The van der Waals surface area contributed by atoms with Crippen molar-refractivity contribution in [3.8, 4) is 0 Å². The van der Waals surface area contributed by atoms with Crippen molar-refractivity contribution in [1.82, 2.24) is 4.98 Å². The molecule has 1 aromatic heterocycles. The molecule has 0 radical (unpaired) electrons. The molecule has 0 spiro atoms. The van der Waals surface area contributed by atoms with Gasteiger partial charge in [0, 0.05) is 10.8 Å². The van der Waals surface area contributed by atoms with Gasteiger partial charge in [-0.05, 0) is 62.7 Å². The van der Waals surface area contributed by atoms with E-state index < -0.39 is 15.8 Å². The number of nitrogens with one attached hydrogen (secondary N) is 1. The number of sulfone groups is 1. The molecule has 25 heavy (non-hydrogen) atoms. The number of rotatable bonds is 3. The van der Waals surface area contributed by atoms with Crippen molar-refractivity contribution < 1.29 is 13.2 Å². The molecule has 1 N–H and O–H groups in total. The van der Waals surface area contributed by atoms with E-state index in [4.69, 9.17) is 4.98 Å². The maximum absolute atomic E-state index is 12.4. The summed E-state index contributed by atoms with van der Waals surface area (Å²) >= 11 is 1.49. The van der Waals surface area contributed by atoms with Gasteiger partial charge in [-0.2, -0.15) is 0 Å². The van der Waals surface area contributed by atoms with Gasteiger partial charge >= 0.3 is 0 Å². The van der Waals surface area contributed by atoms with E-state index >= 15 is 0 Å². The number of carbonyl (C=O) groups is 1. The van der Waals surface area contributed by atoms with Crippen LogP contribution in [0.5, 0.6) is 0 Å². The number of nitrogens with zero attached hydrogens (tertiary/aromatic N) is 1. The van der Waals surface area contributed by atoms with Crippen LogP contribution in [-0.2, 0) is 20.0 Å². The maximum atomic E-state index is 12.4. The lowest BCUT2D eigenvalue weighted by Crippen LogP contribution is -2.48. The summed E-state index contributed by atoms with van der Waals surface area (Å²) in [5, 5.41) is 5.65. The van der Waals surface area contributed by atoms with E-state index in [1.807, 2.05) is 0 Å². The van der Waals surface area contributed by atoms with Gasteiger partial charge < -0.3 is 5.32 Å². The second-order valence-electron chi connectivity index (χ2n) is 8.82. The van der Waals surface area contributed by atoms with Crippen LogP contribution in [-0.4, -0.2) is 30.8 Å². The molecule has 1 atom stereocenters. The first-order valence-electron chi connectivity index (χ1n) is 9.38. The Bertz CT molecular complexity index is 779. The lowest BCUT2D eigenvalue weighted by atomic mass is 9.49. The van der Waals surface area contributed by atoms with E-state index in [-0.39, 0.29) is 22.8 Å². The highest BCUT2D eigenvalue weighted by atomic mass is 32.2. The van der Waals surface area contributed by atoms with Gasteiger partial charge in [0.2, 0.25) is 5.91 Å². The number of hydrogen-bond acceptors (Lipinski definition) is 5. The third-order valence-corrected chi connectivity index (χ3v) is 9.44. The van der Waals surface area contributed by atoms with E-state index in [9.17, 15) is 13.2 Å². The summed E-state index contributed by atoms with van der Waals surface area (Å²) in [4.78, 5) is 17.1. The van der Waals surface area contributed by atoms with Crippen LogP contribution >= 0.6 is 11.3 Å². The third kappa shape index (κ3) is 2.83. The average molecular weight is 381 g/mol. The SMILES string of the molecule is O=C(Nc1nc(C23CC4CC(CC(C4)C2)C3)cs1)[C@H]1CCS(=O)(=O)C1. The molecule has 0 unspecified atom stereocenters. The Kier molecular flexibility index (Phi) is 3.59. The maximum Gasteiger partial charge on any atom is 0.230 e. The molecular weight excluding hydrogens is 356 g/mol. The highest BCUT2D eigenvalue weighted by Gasteiger charge is 2.52. The molecule has 1 aliphatic heterocycles. The normalized spacial score (nSPS) is 41.1. The zero-order chi connectivity index (χ0) is 17.2. The highest BCUT2D eigenvalue weighted by Crippen LogP contribution is 2.60. The van der Waals surface area contributed by atoms with Gasteiger partial charge in [0.25, 0.3) is 0 Å². The molecule has 7 heteroatoms. The quantitative estimate of drug-likeness (QED) is 0.875. The van der Waals surface area contributed by atoms with Crippen molar-refractivity contribution in [2.45, 2.75) is 50.4 Å². The summed E-state index contributed by atoms with van der Waals surface area (Å²) in [5.41, 5.74) is 1.41. The number of aromatic nitrogens is 1. The van der Waals surface area contributed by atoms with Gasteiger partial charge in [0.15, 0.2) is 15.0 Å². The van der Waals surface area contributed by atoms with E-state index in [0.29, 0.717) is 11.6 Å². The molecule has 0 aromatic carbocycles. The molecule has 5 aliphatic rings. The monoisotopic (exact) mass is 380 g/mol. The second-order valence-corrected chi connectivity index (χ2v) is 11.9. The largest absolute Gasteiger partial charge is 0.302 e. The molecule has 2 heterocycles. The molecule has 1 saturated heterocycles. The fourth-order valence-corrected chi connectivity index (χ4v) is 8.79. The fourth-order valence-electron chi connectivity index (χ4n) is 6.21. The molecule has 136 valence electrons. The van der Waals surface area contributed by atoms with E-state index in [1.54, 1.807) is 0 Å². The van der Waals surface area contributed by atoms with Crippen LogP contribution in [0.2, 0.25) is 0 Å². The lowest BCUT2D eigenvalue weighted by molar-refractivity contribution is -0.119. The van der Waals surface area contributed by atoms with Crippen molar-refractivity contribution in [3.05, 3.63) is 11.1 Å². The molecule has 1 aromatic rings. The summed E-state index contributed by atoms with van der Waals surface area (Å²) in [6, 6.07) is 0. The Morgan fingerprint density at radius 3 is 2.36 bits per heavy atom. The molecule has 4 bridgehead atoms. The summed E-state index contributed by atoms with van der Waals surface area (Å²) in [6.45, 7) is 0. The first kappa shape index (κ1) is 16.2. The standard InChI is InChI=1S/C18H24N2O3S2/c21-16(14-1-2-25(22,23)10-14)20-17-19-15(9-24-17)18-6-11-3-12(7-18)5-13(4-11)8-18/h9,11-14H,1-8,10H2,(H,19,20,21)/t11?,12?,13?,14-,18?/m0/s1. The van der Waals surface area contributed by atoms with Crippen molar-refractivity contribution in [3.63, 3.8) is 0 Å². The Balaban J connectivity index is 1.32. The fraction of sp³-hybridized carbons (Fsp3) is 0.778. The van der Waals surface area contributed by atoms with Crippen LogP contribution in [0.1, 0.15) is 50.6 Å². The van der Waals surface area contributed by atoms with Crippen LogP contribution in [0.4, 0.5) is 5.13 Å². The number of thiazole rings is 1. The third-order valence-electron chi connectivity index (χ3n) is 6.92. The summed E-state index contributed by atoms with van der Waals surface area (Å²) in [7, 11) is -3.04. The van der Waals surface area contributed by atoms with Crippen molar-refractivity contribution in [1.29, 1.82) is 0 Å². The minimum atomic E-state index is -3.04. The Hall–Kier alpha value is -0.950. The molecule has 4 aliphatic carbocycles. The molecule has 6 rings (SSSR count). The highest BCUT2D eigenvalue weighted by molar-refractivity contribution is 7.91. The lowest BCUT2D eigenvalue weighted by Gasteiger charge is -2.56. The van der Waals surface area contributed by atoms with Gasteiger partial charge in [-0.3, -0.25) is 4.79 Å². The summed E-state index contributed by atoms with van der Waals surface area (Å²) in [6.07, 6.45) is 8.43. The zero-order valence-electron chi connectivity index (χ0n) is 14.2. The smallest absolute Gasteiger partial charge is 0.230 e. The predicted octanol–water partition coefficient (Wildman–Crippen LogP) is 2.98. The topological polar surface area (TPSA) is 76.1 Å². The molecule has 5 nitrogen and oxygen atoms in total. The van der Waals surface area contributed by atoms with Crippen LogP contribution in [0.3, 0.4) is 0 Å². The van der Waals surface area contributed by atoms with Crippen LogP contribution in [0.15, 0.2) is 5.38 Å². The molecule has 1 amide bonds. The van der Waals surface area contributed by atoms with Crippen molar-refractivity contribution >= 4 is 32.2 Å². The Labute approximate surface area is 152 Å². The van der Waals surface area contributed by atoms with E-state index in [2.05, 4.69) is 10.7 Å². The number of amides is 1. The van der Waals surface area contributed by atoms with Crippen LogP contribution in [0.25, 0.3) is 0 Å². The molecular formula is C18H24N2O3S2. The Morgan fingerprint density at radius 2 is 1.80 bits per heavy atom. The first-order valence-corrected chi connectivity index (χ1v) is 12.1.